The summed E-state index contributed by atoms with van der Waals surface area (Å²) in [6.07, 6.45) is 1.81. The number of hydrogen-bond acceptors (Lipinski definition) is 6. The zero-order valence-corrected chi connectivity index (χ0v) is 16.5. The van der Waals surface area contributed by atoms with Gasteiger partial charge in [-0.2, -0.15) is 4.98 Å². The average molecular weight is 393 g/mol. The van der Waals surface area contributed by atoms with Crippen LogP contribution in [-0.2, 0) is 0 Å². The molecule has 1 fully saturated rings. The molecule has 1 amide bonds. The average Bonchev–Trinajstić information content (AvgIpc) is 3.29. The quantitative estimate of drug-likeness (QED) is 0.657. The Morgan fingerprint density at radius 3 is 2.66 bits per heavy atom. The molecule has 1 atom stereocenters. The number of rotatable bonds is 5. The summed E-state index contributed by atoms with van der Waals surface area (Å²) in [5, 5.41) is 4.13. The first kappa shape index (κ1) is 19.0. The molecule has 0 aliphatic carbocycles. The van der Waals surface area contributed by atoms with Crippen molar-refractivity contribution in [2.24, 2.45) is 0 Å². The zero-order valence-electron chi connectivity index (χ0n) is 16.5. The van der Waals surface area contributed by atoms with Crippen LogP contribution in [0.25, 0.3) is 11.4 Å². The Morgan fingerprint density at radius 2 is 1.90 bits per heavy atom. The Hall–Kier alpha value is -3.35. The largest absolute Gasteiger partial charge is 0.493 e. The van der Waals surface area contributed by atoms with Crippen LogP contribution in [0.2, 0.25) is 0 Å². The molecule has 0 unspecified atom stereocenters. The fourth-order valence-corrected chi connectivity index (χ4v) is 3.62. The van der Waals surface area contributed by atoms with Crippen molar-refractivity contribution in [3.05, 3.63) is 60.0 Å². The first-order valence-electron chi connectivity index (χ1n) is 9.60. The normalized spacial score (nSPS) is 16.5. The smallest absolute Gasteiger partial charge is 0.253 e. The molecule has 1 aliphatic rings. The molecule has 0 saturated carbocycles. The van der Waals surface area contributed by atoms with Crippen LogP contribution in [0, 0.1) is 0 Å². The molecule has 1 saturated heterocycles. The number of hydrogen-bond donors (Lipinski definition) is 0. The number of methoxy groups -OCH3 is 2. The first-order valence-corrected chi connectivity index (χ1v) is 9.60. The van der Waals surface area contributed by atoms with Crippen molar-refractivity contribution in [1.82, 2.24) is 15.0 Å². The Balaban J connectivity index is 1.51. The van der Waals surface area contributed by atoms with Gasteiger partial charge in [0.2, 0.25) is 11.7 Å². The van der Waals surface area contributed by atoms with E-state index in [4.69, 9.17) is 14.0 Å². The van der Waals surface area contributed by atoms with E-state index < -0.39 is 0 Å². The molecule has 4 rings (SSSR count). The number of benzene rings is 2. The van der Waals surface area contributed by atoms with Crippen LogP contribution in [0.3, 0.4) is 0 Å². The number of likely N-dealkylation sites (tertiary alicyclic amines) is 1. The molecule has 7 nitrogen and oxygen atoms in total. The van der Waals surface area contributed by atoms with Gasteiger partial charge < -0.3 is 18.9 Å². The van der Waals surface area contributed by atoms with Gasteiger partial charge in [0.05, 0.1) is 20.1 Å². The van der Waals surface area contributed by atoms with E-state index in [1.54, 1.807) is 14.2 Å². The molecular formula is C22H23N3O4. The fourth-order valence-electron chi connectivity index (χ4n) is 3.62. The van der Waals surface area contributed by atoms with Crippen molar-refractivity contribution in [3.63, 3.8) is 0 Å². The summed E-state index contributed by atoms with van der Waals surface area (Å²) in [5.41, 5.74) is 1.48. The molecule has 150 valence electrons. The highest BCUT2D eigenvalue weighted by Crippen LogP contribution is 2.33. The third-order valence-electron chi connectivity index (χ3n) is 5.16. The highest BCUT2D eigenvalue weighted by molar-refractivity contribution is 5.94. The van der Waals surface area contributed by atoms with Crippen LogP contribution in [0.15, 0.2) is 53.1 Å². The van der Waals surface area contributed by atoms with Crippen LogP contribution in [0.4, 0.5) is 0 Å². The molecule has 0 spiro atoms. The lowest BCUT2D eigenvalue weighted by atomic mass is 9.97. The third-order valence-corrected chi connectivity index (χ3v) is 5.16. The van der Waals surface area contributed by atoms with E-state index in [0.717, 1.165) is 24.9 Å². The molecule has 0 bridgehead atoms. The summed E-state index contributed by atoms with van der Waals surface area (Å²) in [6, 6.07) is 14.8. The van der Waals surface area contributed by atoms with Crippen molar-refractivity contribution < 1.29 is 18.8 Å². The van der Waals surface area contributed by atoms with Gasteiger partial charge in [-0.15, -0.1) is 0 Å². The highest BCUT2D eigenvalue weighted by Gasteiger charge is 2.29. The second-order valence-corrected chi connectivity index (χ2v) is 6.98. The topological polar surface area (TPSA) is 77.7 Å². The second kappa shape index (κ2) is 8.34. The monoisotopic (exact) mass is 393 g/mol. The van der Waals surface area contributed by atoms with Crippen molar-refractivity contribution in [1.29, 1.82) is 0 Å². The second-order valence-electron chi connectivity index (χ2n) is 6.98. The van der Waals surface area contributed by atoms with Gasteiger partial charge in [-0.05, 0) is 43.2 Å². The van der Waals surface area contributed by atoms with E-state index in [-0.39, 0.29) is 11.8 Å². The molecule has 29 heavy (non-hydrogen) atoms. The summed E-state index contributed by atoms with van der Waals surface area (Å²) < 4.78 is 16.2. The van der Waals surface area contributed by atoms with E-state index >= 15 is 0 Å². The summed E-state index contributed by atoms with van der Waals surface area (Å²) >= 11 is 0. The maximum Gasteiger partial charge on any atom is 0.253 e. The summed E-state index contributed by atoms with van der Waals surface area (Å²) in [6.45, 7) is 1.31. The van der Waals surface area contributed by atoms with E-state index in [1.165, 1.54) is 0 Å². The molecule has 7 heteroatoms. The number of amides is 1. The van der Waals surface area contributed by atoms with Crippen molar-refractivity contribution >= 4 is 5.91 Å². The van der Waals surface area contributed by atoms with Gasteiger partial charge in [0.15, 0.2) is 11.5 Å². The Kier molecular flexibility index (Phi) is 5.46. The summed E-state index contributed by atoms with van der Waals surface area (Å²) in [7, 11) is 3.18. The lowest BCUT2D eigenvalue weighted by molar-refractivity contribution is 0.0695. The van der Waals surface area contributed by atoms with Crippen LogP contribution in [-0.4, -0.2) is 48.3 Å². The summed E-state index contributed by atoms with van der Waals surface area (Å²) in [5.74, 6) is 2.36. The maximum absolute atomic E-state index is 12.8. The number of aromatic nitrogens is 2. The minimum absolute atomic E-state index is 0.0257. The predicted molar refractivity (Wildman–Crippen MR) is 107 cm³/mol. The van der Waals surface area contributed by atoms with Gasteiger partial charge in [0, 0.05) is 24.2 Å². The van der Waals surface area contributed by atoms with E-state index in [0.29, 0.717) is 35.3 Å². The van der Waals surface area contributed by atoms with Gasteiger partial charge in [-0.25, -0.2) is 0 Å². The molecule has 2 heterocycles. The number of carbonyl (C=O) groups is 1. The fraction of sp³-hybridized carbons (Fsp3) is 0.318. The van der Waals surface area contributed by atoms with Crippen LogP contribution in [0.1, 0.15) is 35.0 Å². The number of piperidine rings is 1. The minimum atomic E-state index is 0.0257. The maximum atomic E-state index is 12.8. The van der Waals surface area contributed by atoms with Crippen molar-refractivity contribution in [2.75, 3.05) is 27.3 Å². The molecule has 0 N–H and O–H groups in total. The van der Waals surface area contributed by atoms with Gasteiger partial charge in [0.25, 0.3) is 5.91 Å². The zero-order chi connectivity index (χ0) is 20.2. The van der Waals surface area contributed by atoms with Crippen LogP contribution in [0.5, 0.6) is 11.5 Å². The molecule has 0 radical (unpaired) electrons. The number of nitrogens with zero attached hydrogens (tertiary/aromatic N) is 3. The number of carbonyl (C=O) groups excluding carboxylic acids is 1. The van der Waals surface area contributed by atoms with Gasteiger partial charge in [-0.3, -0.25) is 4.79 Å². The van der Waals surface area contributed by atoms with E-state index in [2.05, 4.69) is 10.1 Å². The molecular weight excluding hydrogens is 370 g/mol. The lowest BCUT2D eigenvalue weighted by Gasteiger charge is -2.31. The van der Waals surface area contributed by atoms with Gasteiger partial charge >= 0.3 is 0 Å². The Morgan fingerprint density at radius 1 is 1.10 bits per heavy atom. The Labute approximate surface area is 169 Å². The molecule has 1 aromatic heterocycles. The number of ether oxygens (including phenoxy) is 2. The van der Waals surface area contributed by atoms with Gasteiger partial charge in [0.1, 0.15) is 0 Å². The first-order chi connectivity index (χ1) is 14.2. The van der Waals surface area contributed by atoms with Crippen LogP contribution < -0.4 is 9.47 Å². The standard InChI is InChI=1S/C22H23N3O4/c1-27-18-11-10-16(13-19(18)28-2)20-23-21(29-24-20)17-9-6-12-25(14-17)22(26)15-7-4-3-5-8-15/h3-5,7-8,10-11,13,17H,6,9,12,14H2,1-2H3/t17-/m0/s1. The predicted octanol–water partition coefficient (Wildman–Crippen LogP) is 3.77. The third kappa shape index (κ3) is 3.94. The van der Waals surface area contributed by atoms with Crippen molar-refractivity contribution in [3.8, 4) is 22.9 Å². The minimum Gasteiger partial charge on any atom is -0.493 e. The highest BCUT2D eigenvalue weighted by atomic mass is 16.5. The summed E-state index contributed by atoms with van der Waals surface area (Å²) in [4.78, 5) is 19.2. The molecule has 1 aliphatic heterocycles. The lowest BCUT2D eigenvalue weighted by Crippen LogP contribution is -2.39. The molecule has 2 aromatic carbocycles. The van der Waals surface area contributed by atoms with E-state index in [9.17, 15) is 4.79 Å². The van der Waals surface area contributed by atoms with E-state index in [1.807, 2.05) is 53.4 Å². The van der Waals surface area contributed by atoms with Crippen LogP contribution >= 0.6 is 0 Å². The Bertz CT molecular complexity index is 987. The van der Waals surface area contributed by atoms with Gasteiger partial charge in [-0.1, -0.05) is 23.4 Å². The van der Waals surface area contributed by atoms with Crippen molar-refractivity contribution in [2.45, 2.75) is 18.8 Å². The SMILES string of the molecule is COc1ccc(-c2noc([C@H]3CCCN(C(=O)c4ccccc4)C3)n2)cc1OC. The molecule has 3 aromatic rings.